The molecular formula is C19H22N2O3S. The fourth-order valence-corrected chi connectivity index (χ4v) is 3.02. The average molecular weight is 358 g/mol. The molecule has 0 radical (unpaired) electrons. The molecule has 5 nitrogen and oxygen atoms in total. The van der Waals surface area contributed by atoms with Gasteiger partial charge in [0, 0.05) is 24.9 Å². The lowest BCUT2D eigenvalue weighted by molar-refractivity contribution is -0.121. The average Bonchev–Trinajstić information content (AvgIpc) is 2.59. The van der Waals surface area contributed by atoms with Crippen LogP contribution in [-0.4, -0.2) is 20.9 Å². The molecule has 2 aromatic carbocycles. The number of carbonyl (C=O) groups excluding carboxylic acids is 1. The highest BCUT2D eigenvalue weighted by molar-refractivity contribution is 7.92. The van der Waals surface area contributed by atoms with E-state index in [0.29, 0.717) is 6.54 Å². The zero-order valence-corrected chi connectivity index (χ0v) is 14.9. The van der Waals surface area contributed by atoms with Crippen LogP contribution in [-0.2, 0) is 21.4 Å². The molecule has 0 saturated heterocycles. The first kappa shape index (κ1) is 18.9. The molecule has 132 valence electrons. The van der Waals surface area contributed by atoms with Gasteiger partial charge in [-0.05, 0) is 24.1 Å². The highest BCUT2D eigenvalue weighted by Crippen LogP contribution is 2.04. The van der Waals surface area contributed by atoms with Gasteiger partial charge in [0.25, 0.3) is 0 Å². The standard InChI is InChI=1S/C19H22N2O3S/c1-16-6-5-9-18(14-16)15-20-19(22)10-12-21-25(23,24)13-11-17-7-3-2-4-8-17/h2-9,11,13-14,21H,10,12,15H2,1H3,(H,20,22)/b13-11+. The Bertz CT molecular complexity index is 831. The summed E-state index contributed by atoms with van der Waals surface area (Å²) in [4.78, 5) is 11.8. The Morgan fingerprint density at radius 1 is 1.08 bits per heavy atom. The predicted octanol–water partition coefficient (Wildman–Crippen LogP) is 2.59. The molecule has 0 spiro atoms. The van der Waals surface area contributed by atoms with Gasteiger partial charge in [-0.25, -0.2) is 13.1 Å². The van der Waals surface area contributed by atoms with Crippen LogP contribution in [0.1, 0.15) is 23.1 Å². The topological polar surface area (TPSA) is 75.3 Å². The maximum atomic E-state index is 11.9. The molecule has 0 aliphatic carbocycles. The van der Waals surface area contributed by atoms with E-state index in [4.69, 9.17) is 0 Å². The normalized spacial score (nSPS) is 11.6. The van der Waals surface area contributed by atoms with E-state index in [1.165, 1.54) is 6.08 Å². The molecule has 0 aliphatic rings. The van der Waals surface area contributed by atoms with E-state index >= 15 is 0 Å². The van der Waals surface area contributed by atoms with Gasteiger partial charge in [-0.3, -0.25) is 4.79 Å². The van der Waals surface area contributed by atoms with E-state index < -0.39 is 10.0 Å². The van der Waals surface area contributed by atoms with Crippen molar-refractivity contribution in [3.05, 3.63) is 76.7 Å². The molecule has 2 aromatic rings. The smallest absolute Gasteiger partial charge is 0.233 e. The maximum Gasteiger partial charge on any atom is 0.233 e. The van der Waals surface area contributed by atoms with Gasteiger partial charge in [-0.1, -0.05) is 60.2 Å². The van der Waals surface area contributed by atoms with Crippen molar-refractivity contribution >= 4 is 22.0 Å². The van der Waals surface area contributed by atoms with Crippen molar-refractivity contribution in [3.8, 4) is 0 Å². The van der Waals surface area contributed by atoms with E-state index in [0.717, 1.165) is 22.1 Å². The zero-order valence-electron chi connectivity index (χ0n) is 14.1. The van der Waals surface area contributed by atoms with Crippen LogP contribution in [0.4, 0.5) is 0 Å². The van der Waals surface area contributed by atoms with E-state index in [1.807, 2.05) is 61.5 Å². The van der Waals surface area contributed by atoms with E-state index in [9.17, 15) is 13.2 Å². The number of rotatable bonds is 8. The van der Waals surface area contributed by atoms with Gasteiger partial charge in [-0.2, -0.15) is 0 Å². The van der Waals surface area contributed by atoms with Crippen molar-refractivity contribution in [1.29, 1.82) is 0 Å². The SMILES string of the molecule is Cc1cccc(CNC(=O)CCNS(=O)(=O)/C=C/c2ccccc2)c1. The highest BCUT2D eigenvalue weighted by atomic mass is 32.2. The number of sulfonamides is 1. The largest absolute Gasteiger partial charge is 0.352 e. The first-order valence-electron chi connectivity index (χ1n) is 8.00. The van der Waals surface area contributed by atoms with Gasteiger partial charge in [0.1, 0.15) is 0 Å². The number of nitrogens with one attached hydrogen (secondary N) is 2. The molecule has 0 atom stereocenters. The first-order chi connectivity index (χ1) is 11.9. The lowest BCUT2D eigenvalue weighted by Crippen LogP contribution is -2.29. The number of hydrogen-bond acceptors (Lipinski definition) is 3. The van der Waals surface area contributed by atoms with Crippen LogP contribution >= 0.6 is 0 Å². The predicted molar refractivity (Wildman–Crippen MR) is 100 cm³/mol. The minimum atomic E-state index is -3.56. The van der Waals surface area contributed by atoms with Gasteiger partial charge >= 0.3 is 0 Å². The number of hydrogen-bond donors (Lipinski definition) is 2. The minimum absolute atomic E-state index is 0.0567. The monoisotopic (exact) mass is 358 g/mol. The molecular weight excluding hydrogens is 336 g/mol. The third-order valence-corrected chi connectivity index (χ3v) is 4.57. The first-order valence-corrected chi connectivity index (χ1v) is 9.54. The number of aryl methyl sites for hydroxylation is 1. The van der Waals surface area contributed by atoms with Crippen LogP contribution in [0.2, 0.25) is 0 Å². The third kappa shape index (κ3) is 7.32. The quantitative estimate of drug-likeness (QED) is 0.762. The van der Waals surface area contributed by atoms with Crippen molar-refractivity contribution in [1.82, 2.24) is 10.0 Å². The molecule has 0 unspecified atom stereocenters. The summed E-state index contributed by atoms with van der Waals surface area (Å²) in [5.74, 6) is -0.198. The summed E-state index contributed by atoms with van der Waals surface area (Å²) in [7, 11) is -3.56. The molecule has 0 fully saturated rings. The maximum absolute atomic E-state index is 11.9. The second kappa shape index (κ2) is 9.15. The summed E-state index contributed by atoms with van der Waals surface area (Å²) in [5.41, 5.74) is 2.94. The van der Waals surface area contributed by atoms with Crippen molar-refractivity contribution in [2.24, 2.45) is 0 Å². The Kier molecular flexibility index (Phi) is 6.91. The number of carbonyl (C=O) groups is 1. The molecule has 2 rings (SSSR count). The lowest BCUT2D eigenvalue weighted by atomic mass is 10.1. The van der Waals surface area contributed by atoms with E-state index in [-0.39, 0.29) is 18.9 Å². The Morgan fingerprint density at radius 2 is 1.84 bits per heavy atom. The van der Waals surface area contributed by atoms with Gasteiger partial charge < -0.3 is 5.32 Å². The van der Waals surface area contributed by atoms with Gasteiger partial charge in [0.05, 0.1) is 0 Å². The van der Waals surface area contributed by atoms with Crippen LogP contribution in [0.5, 0.6) is 0 Å². The molecule has 0 heterocycles. The fraction of sp³-hybridized carbons (Fsp3) is 0.211. The third-order valence-electron chi connectivity index (χ3n) is 3.47. The molecule has 0 aromatic heterocycles. The summed E-state index contributed by atoms with van der Waals surface area (Å²) in [5, 5.41) is 3.88. The summed E-state index contributed by atoms with van der Waals surface area (Å²) < 4.78 is 26.1. The van der Waals surface area contributed by atoms with Crippen LogP contribution in [0.3, 0.4) is 0 Å². The molecule has 0 saturated carbocycles. The summed E-state index contributed by atoms with van der Waals surface area (Å²) in [6.07, 6.45) is 1.60. The Morgan fingerprint density at radius 3 is 2.56 bits per heavy atom. The van der Waals surface area contributed by atoms with Gasteiger partial charge in [0.15, 0.2) is 0 Å². The molecule has 1 amide bonds. The Balaban J connectivity index is 1.73. The van der Waals surface area contributed by atoms with E-state index in [2.05, 4.69) is 10.0 Å². The van der Waals surface area contributed by atoms with Crippen molar-refractivity contribution in [2.75, 3.05) is 6.54 Å². The van der Waals surface area contributed by atoms with Crippen LogP contribution in [0.25, 0.3) is 6.08 Å². The van der Waals surface area contributed by atoms with Crippen LogP contribution < -0.4 is 10.0 Å². The molecule has 0 bridgehead atoms. The lowest BCUT2D eigenvalue weighted by Gasteiger charge is -2.06. The number of benzene rings is 2. The van der Waals surface area contributed by atoms with Crippen molar-refractivity contribution in [3.63, 3.8) is 0 Å². The number of amides is 1. The van der Waals surface area contributed by atoms with Crippen LogP contribution in [0, 0.1) is 6.92 Å². The van der Waals surface area contributed by atoms with Crippen molar-refractivity contribution in [2.45, 2.75) is 19.9 Å². The Hall–Kier alpha value is -2.44. The van der Waals surface area contributed by atoms with Gasteiger partial charge in [0.2, 0.25) is 15.9 Å². The molecule has 6 heteroatoms. The fourth-order valence-electron chi connectivity index (χ4n) is 2.20. The minimum Gasteiger partial charge on any atom is -0.352 e. The second-order valence-electron chi connectivity index (χ2n) is 5.67. The summed E-state index contributed by atoms with van der Waals surface area (Å²) in [6, 6.07) is 17.0. The van der Waals surface area contributed by atoms with E-state index in [1.54, 1.807) is 0 Å². The Labute approximate surface area is 148 Å². The summed E-state index contributed by atoms with van der Waals surface area (Å²) >= 11 is 0. The van der Waals surface area contributed by atoms with Gasteiger partial charge in [-0.15, -0.1) is 0 Å². The molecule has 2 N–H and O–H groups in total. The van der Waals surface area contributed by atoms with Crippen LogP contribution in [0.15, 0.2) is 60.0 Å². The molecule has 25 heavy (non-hydrogen) atoms. The second-order valence-corrected chi connectivity index (χ2v) is 7.32. The summed E-state index contributed by atoms with van der Waals surface area (Å²) in [6.45, 7) is 2.48. The van der Waals surface area contributed by atoms with Crippen molar-refractivity contribution < 1.29 is 13.2 Å². The highest BCUT2D eigenvalue weighted by Gasteiger charge is 2.07. The molecule has 0 aliphatic heterocycles. The zero-order chi connectivity index (χ0) is 18.1.